The van der Waals surface area contributed by atoms with Crippen LogP contribution in [0.5, 0.6) is 0 Å². The molecule has 2 saturated carbocycles. The number of amides is 1. The summed E-state index contributed by atoms with van der Waals surface area (Å²) in [6, 6.07) is 1.60. The first kappa shape index (κ1) is 19.3. The molecule has 5 heteroatoms. The molecule has 1 aliphatic heterocycles. The van der Waals surface area contributed by atoms with Gasteiger partial charge >= 0.3 is 6.09 Å². The highest BCUT2D eigenvalue weighted by Crippen LogP contribution is 2.38. The monoisotopic (exact) mass is 368 g/mol. The Labute approximate surface area is 157 Å². The summed E-state index contributed by atoms with van der Waals surface area (Å²) < 4.78 is 5.68. The van der Waals surface area contributed by atoms with E-state index in [0.29, 0.717) is 24.0 Å². The van der Waals surface area contributed by atoms with Crippen molar-refractivity contribution < 1.29 is 9.53 Å². The first-order chi connectivity index (χ1) is 11.9. The van der Waals surface area contributed by atoms with Crippen LogP contribution in [-0.2, 0) is 4.74 Å². The molecular formula is C20H36N2O2S. The summed E-state index contributed by atoms with van der Waals surface area (Å²) in [5.41, 5.74) is -0.410. The van der Waals surface area contributed by atoms with Gasteiger partial charge in [0, 0.05) is 29.9 Å². The van der Waals surface area contributed by atoms with Gasteiger partial charge in [0.25, 0.3) is 0 Å². The van der Waals surface area contributed by atoms with Gasteiger partial charge in [0.05, 0.1) is 0 Å². The Kier molecular flexibility index (Phi) is 6.25. The predicted molar refractivity (Wildman–Crippen MR) is 105 cm³/mol. The maximum absolute atomic E-state index is 12.7. The van der Waals surface area contributed by atoms with Gasteiger partial charge in [0.1, 0.15) is 5.60 Å². The number of nitrogens with zero attached hydrogens (tertiary/aromatic N) is 1. The highest BCUT2D eigenvalue weighted by atomic mass is 32.2. The Morgan fingerprint density at radius 1 is 1.04 bits per heavy atom. The molecule has 3 rings (SSSR count). The van der Waals surface area contributed by atoms with Crippen LogP contribution in [0.3, 0.4) is 0 Å². The van der Waals surface area contributed by atoms with Crippen LogP contribution in [0.2, 0.25) is 0 Å². The van der Waals surface area contributed by atoms with Gasteiger partial charge in [-0.3, -0.25) is 0 Å². The topological polar surface area (TPSA) is 41.6 Å². The third-order valence-corrected chi connectivity index (χ3v) is 7.34. The van der Waals surface area contributed by atoms with Crippen LogP contribution >= 0.6 is 11.8 Å². The van der Waals surface area contributed by atoms with Crippen molar-refractivity contribution in [2.45, 2.75) is 101 Å². The van der Waals surface area contributed by atoms with Crippen LogP contribution in [-0.4, -0.2) is 52.8 Å². The summed E-state index contributed by atoms with van der Waals surface area (Å²) in [6.45, 7) is 6.73. The quantitative estimate of drug-likeness (QED) is 0.797. The molecule has 0 bridgehead atoms. The van der Waals surface area contributed by atoms with Crippen molar-refractivity contribution in [2.75, 3.05) is 12.8 Å². The molecule has 2 aliphatic carbocycles. The van der Waals surface area contributed by atoms with E-state index in [1.165, 1.54) is 38.5 Å². The van der Waals surface area contributed by atoms with Crippen LogP contribution in [0.25, 0.3) is 0 Å². The molecule has 0 spiro atoms. The molecule has 144 valence electrons. The number of hydrogen-bond donors (Lipinski definition) is 1. The minimum atomic E-state index is -0.410. The highest BCUT2D eigenvalue weighted by molar-refractivity contribution is 7.99. The van der Waals surface area contributed by atoms with Gasteiger partial charge in [0.2, 0.25) is 0 Å². The molecule has 3 fully saturated rings. The SMILES string of the molecule is CSC1CCCC1NC1CCCC1C1CCCN1C(=O)OC(C)(C)C. The number of carbonyl (C=O) groups excluding carboxylic acids is 1. The lowest BCUT2D eigenvalue weighted by Crippen LogP contribution is -2.50. The standard InChI is InChI=1S/C20H36N2O2S/c1-20(2,3)24-19(23)22-13-7-11-17(22)14-8-5-9-15(14)21-16-10-6-12-18(16)25-4/h14-18,21H,5-13H2,1-4H3. The Morgan fingerprint density at radius 3 is 2.48 bits per heavy atom. The van der Waals surface area contributed by atoms with Gasteiger partial charge < -0.3 is 15.0 Å². The lowest BCUT2D eigenvalue weighted by molar-refractivity contribution is 0.0165. The molecule has 1 amide bonds. The Morgan fingerprint density at radius 2 is 1.76 bits per heavy atom. The van der Waals surface area contributed by atoms with Crippen molar-refractivity contribution in [3.05, 3.63) is 0 Å². The lowest BCUT2D eigenvalue weighted by Gasteiger charge is -2.36. The van der Waals surface area contributed by atoms with Crippen molar-refractivity contribution in [1.82, 2.24) is 10.2 Å². The van der Waals surface area contributed by atoms with Crippen LogP contribution in [0.4, 0.5) is 4.79 Å². The number of ether oxygens (including phenoxy) is 1. The third-order valence-electron chi connectivity index (χ3n) is 6.17. The summed E-state index contributed by atoms with van der Waals surface area (Å²) in [6.07, 6.45) is 12.2. The fraction of sp³-hybridized carbons (Fsp3) is 0.950. The summed E-state index contributed by atoms with van der Waals surface area (Å²) in [7, 11) is 0. The fourth-order valence-electron chi connectivity index (χ4n) is 5.11. The van der Waals surface area contributed by atoms with Gasteiger partial charge in [-0.05, 0) is 71.5 Å². The Hall–Kier alpha value is -0.420. The number of thioether (sulfide) groups is 1. The van der Waals surface area contributed by atoms with E-state index in [9.17, 15) is 4.79 Å². The van der Waals surface area contributed by atoms with E-state index in [1.807, 2.05) is 37.4 Å². The molecule has 0 radical (unpaired) electrons. The van der Waals surface area contributed by atoms with Crippen LogP contribution in [0, 0.1) is 5.92 Å². The van der Waals surface area contributed by atoms with Gasteiger partial charge in [-0.15, -0.1) is 0 Å². The molecular weight excluding hydrogens is 332 g/mol. The molecule has 0 aromatic carbocycles. The smallest absolute Gasteiger partial charge is 0.410 e. The molecule has 25 heavy (non-hydrogen) atoms. The highest BCUT2D eigenvalue weighted by Gasteiger charge is 2.43. The first-order valence-electron chi connectivity index (χ1n) is 10.2. The maximum Gasteiger partial charge on any atom is 0.410 e. The van der Waals surface area contributed by atoms with E-state index in [-0.39, 0.29) is 6.09 Å². The van der Waals surface area contributed by atoms with E-state index in [1.54, 1.807) is 0 Å². The molecule has 1 N–H and O–H groups in total. The number of hydrogen-bond acceptors (Lipinski definition) is 4. The average molecular weight is 369 g/mol. The number of carbonyl (C=O) groups is 1. The number of likely N-dealkylation sites (tertiary alicyclic amines) is 1. The Balaban J connectivity index is 1.63. The second-order valence-electron chi connectivity index (χ2n) is 9.06. The largest absolute Gasteiger partial charge is 0.444 e. The van der Waals surface area contributed by atoms with E-state index < -0.39 is 5.60 Å². The van der Waals surface area contributed by atoms with Crippen LogP contribution in [0.1, 0.15) is 72.1 Å². The molecule has 0 aromatic rings. The lowest BCUT2D eigenvalue weighted by atomic mass is 9.91. The molecule has 1 saturated heterocycles. The molecule has 3 aliphatic rings. The van der Waals surface area contributed by atoms with Gasteiger partial charge in [0.15, 0.2) is 0 Å². The minimum Gasteiger partial charge on any atom is -0.444 e. The van der Waals surface area contributed by atoms with E-state index in [4.69, 9.17) is 4.74 Å². The molecule has 4 nitrogen and oxygen atoms in total. The fourth-order valence-corrected chi connectivity index (χ4v) is 6.06. The van der Waals surface area contributed by atoms with Crippen LogP contribution in [0.15, 0.2) is 0 Å². The third kappa shape index (κ3) is 4.65. The second kappa shape index (κ2) is 8.08. The van der Waals surface area contributed by atoms with Crippen molar-refractivity contribution in [3.63, 3.8) is 0 Å². The number of rotatable bonds is 4. The summed E-state index contributed by atoms with van der Waals surface area (Å²) in [5.74, 6) is 0.595. The zero-order valence-electron chi connectivity index (χ0n) is 16.4. The van der Waals surface area contributed by atoms with Crippen molar-refractivity contribution in [1.29, 1.82) is 0 Å². The maximum atomic E-state index is 12.7. The van der Waals surface area contributed by atoms with Gasteiger partial charge in [-0.2, -0.15) is 11.8 Å². The summed E-state index contributed by atoms with van der Waals surface area (Å²) in [4.78, 5) is 14.7. The normalized spacial score (nSPS) is 36.2. The average Bonchev–Trinajstić information content (AvgIpc) is 3.25. The zero-order valence-corrected chi connectivity index (χ0v) is 17.2. The van der Waals surface area contributed by atoms with Crippen molar-refractivity contribution in [2.24, 2.45) is 5.92 Å². The molecule has 1 heterocycles. The molecule has 5 unspecified atom stereocenters. The van der Waals surface area contributed by atoms with Crippen LogP contribution < -0.4 is 5.32 Å². The summed E-state index contributed by atoms with van der Waals surface area (Å²) in [5, 5.41) is 4.78. The minimum absolute atomic E-state index is 0.108. The zero-order chi connectivity index (χ0) is 18.0. The predicted octanol–water partition coefficient (Wildman–Crippen LogP) is 4.43. The van der Waals surface area contributed by atoms with E-state index in [2.05, 4.69) is 11.6 Å². The van der Waals surface area contributed by atoms with Crippen molar-refractivity contribution in [3.8, 4) is 0 Å². The molecule has 5 atom stereocenters. The number of nitrogens with one attached hydrogen (secondary N) is 1. The Bertz CT molecular complexity index is 465. The van der Waals surface area contributed by atoms with Crippen molar-refractivity contribution >= 4 is 17.9 Å². The summed E-state index contributed by atoms with van der Waals surface area (Å²) >= 11 is 2.02. The van der Waals surface area contributed by atoms with Gasteiger partial charge in [-0.25, -0.2) is 4.79 Å². The molecule has 0 aromatic heterocycles. The van der Waals surface area contributed by atoms with E-state index in [0.717, 1.165) is 24.6 Å². The van der Waals surface area contributed by atoms with E-state index >= 15 is 0 Å². The second-order valence-corrected chi connectivity index (χ2v) is 10.1. The van der Waals surface area contributed by atoms with Gasteiger partial charge in [-0.1, -0.05) is 12.8 Å². The first-order valence-corrected chi connectivity index (χ1v) is 11.5.